The van der Waals surface area contributed by atoms with Gasteiger partial charge in [0, 0.05) is 12.2 Å². The molecule has 0 unspecified atom stereocenters. The van der Waals surface area contributed by atoms with Crippen LogP contribution < -0.4 is 9.64 Å². The molecule has 2 aromatic rings. The van der Waals surface area contributed by atoms with Gasteiger partial charge in [0.25, 0.3) is 0 Å². The highest BCUT2D eigenvalue weighted by Crippen LogP contribution is 2.23. The second-order valence-electron chi connectivity index (χ2n) is 7.81. The second kappa shape index (κ2) is 12.7. The van der Waals surface area contributed by atoms with Crippen molar-refractivity contribution >= 4 is 11.8 Å². The van der Waals surface area contributed by atoms with Crippen molar-refractivity contribution in [2.45, 2.75) is 43.7 Å². The second-order valence-corrected chi connectivity index (χ2v) is 7.81. The molecule has 0 aromatic heterocycles. The Morgan fingerprint density at radius 1 is 1.00 bits per heavy atom. The van der Waals surface area contributed by atoms with Crippen molar-refractivity contribution in [2.75, 3.05) is 31.8 Å². The van der Waals surface area contributed by atoms with Gasteiger partial charge in [-0.15, -0.1) is 0 Å². The number of ether oxygens (including phenoxy) is 4. The lowest BCUT2D eigenvalue weighted by atomic mass is 9.99. The van der Waals surface area contributed by atoms with Gasteiger partial charge in [-0.1, -0.05) is 30.3 Å². The van der Waals surface area contributed by atoms with E-state index in [2.05, 4.69) is 0 Å². The number of amides is 1. The Bertz CT molecular complexity index is 878. The molecule has 3 rings (SSSR count). The number of aliphatic hydroxyl groups is 4. The van der Waals surface area contributed by atoms with Crippen LogP contribution in [0.4, 0.5) is 10.5 Å². The van der Waals surface area contributed by atoms with Crippen molar-refractivity contribution in [3.8, 4) is 5.75 Å². The number of anilines is 1. The largest absolute Gasteiger partial charge is 0.497 e. The van der Waals surface area contributed by atoms with Gasteiger partial charge in [-0.2, -0.15) is 0 Å². The molecule has 1 aliphatic rings. The fourth-order valence-corrected chi connectivity index (χ4v) is 3.51. The fraction of sp³-hybridized carbons (Fsp3) is 0.458. The first-order chi connectivity index (χ1) is 16.4. The van der Waals surface area contributed by atoms with Crippen molar-refractivity contribution in [2.24, 2.45) is 0 Å². The number of hydrogen-bond acceptors (Lipinski definition) is 9. The van der Waals surface area contributed by atoms with Gasteiger partial charge in [-0.25, -0.2) is 4.79 Å². The highest BCUT2D eigenvalue weighted by Gasteiger charge is 2.43. The number of aliphatic hydroxyl groups excluding tert-OH is 4. The fourth-order valence-electron chi connectivity index (χ4n) is 3.51. The number of benzene rings is 2. The summed E-state index contributed by atoms with van der Waals surface area (Å²) in [6.07, 6.45) is -6.92. The van der Waals surface area contributed by atoms with E-state index >= 15 is 0 Å². The topological polar surface area (TPSA) is 138 Å². The predicted molar refractivity (Wildman–Crippen MR) is 121 cm³/mol. The number of carbonyl (C=O) groups excluding carboxylic acids is 1. The Morgan fingerprint density at radius 2 is 1.71 bits per heavy atom. The maximum Gasteiger partial charge on any atom is 0.414 e. The molecule has 1 amide bonds. The molecule has 0 spiro atoms. The summed E-state index contributed by atoms with van der Waals surface area (Å²) in [7, 11) is 1.55. The van der Waals surface area contributed by atoms with Gasteiger partial charge in [0.2, 0.25) is 0 Å². The molecular weight excluding hydrogens is 446 g/mol. The molecule has 4 N–H and O–H groups in total. The first kappa shape index (κ1) is 25.9. The van der Waals surface area contributed by atoms with Gasteiger partial charge in [0.05, 0.1) is 20.3 Å². The minimum atomic E-state index is -1.51. The molecule has 34 heavy (non-hydrogen) atoms. The number of methoxy groups -OCH3 is 1. The molecule has 186 valence electrons. The Hall–Kier alpha value is -2.73. The third kappa shape index (κ3) is 6.66. The molecule has 1 heterocycles. The Morgan fingerprint density at radius 3 is 2.35 bits per heavy atom. The van der Waals surface area contributed by atoms with E-state index in [1.165, 1.54) is 4.90 Å². The standard InChI is InChI=1S/C24H31NO9/c1-31-18-10-8-17(9-11-18)25(24(30)33-15-16-6-3-2-4-7-16)12-5-13-32-23-22(29)21(28)20(27)19(14-26)34-23/h2-4,6-11,19-23,26-29H,5,12-15H2,1H3/t19-,20-,21+,22-,23-/m1/s1. The van der Waals surface area contributed by atoms with E-state index in [1.807, 2.05) is 30.3 Å². The van der Waals surface area contributed by atoms with Crippen LogP contribution in [0.15, 0.2) is 54.6 Å². The first-order valence-electron chi connectivity index (χ1n) is 11.0. The monoisotopic (exact) mass is 477 g/mol. The maximum atomic E-state index is 12.9. The highest BCUT2D eigenvalue weighted by molar-refractivity contribution is 5.87. The van der Waals surface area contributed by atoms with Crippen molar-refractivity contribution in [1.29, 1.82) is 0 Å². The zero-order chi connectivity index (χ0) is 24.5. The number of hydrogen-bond donors (Lipinski definition) is 4. The van der Waals surface area contributed by atoms with Crippen LogP contribution in [-0.4, -0.2) is 84.1 Å². The van der Waals surface area contributed by atoms with E-state index in [0.29, 0.717) is 17.9 Å². The third-order valence-electron chi connectivity index (χ3n) is 5.47. The summed E-state index contributed by atoms with van der Waals surface area (Å²) in [5.41, 5.74) is 1.46. The summed E-state index contributed by atoms with van der Waals surface area (Å²) >= 11 is 0. The van der Waals surface area contributed by atoms with Crippen LogP contribution in [0.3, 0.4) is 0 Å². The highest BCUT2D eigenvalue weighted by atomic mass is 16.7. The van der Waals surface area contributed by atoms with Gasteiger partial charge in [0.15, 0.2) is 6.29 Å². The van der Waals surface area contributed by atoms with E-state index in [1.54, 1.807) is 31.4 Å². The minimum Gasteiger partial charge on any atom is -0.497 e. The van der Waals surface area contributed by atoms with Gasteiger partial charge >= 0.3 is 6.09 Å². The van der Waals surface area contributed by atoms with Crippen LogP contribution in [-0.2, 0) is 20.8 Å². The molecule has 5 atom stereocenters. The van der Waals surface area contributed by atoms with Crippen LogP contribution >= 0.6 is 0 Å². The summed E-state index contributed by atoms with van der Waals surface area (Å²) < 4.78 is 21.5. The van der Waals surface area contributed by atoms with E-state index in [0.717, 1.165) is 5.56 Å². The van der Waals surface area contributed by atoms with Crippen LogP contribution in [0.25, 0.3) is 0 Å². The SMILES string of the molecule is COc1ccc(N(CCCO[C@@H]2O[C@H](CO)[C@@H](O)[C@H](O)[C@H]2O)C(=O)OCc2ccccc2)cc1. The van der Waals surface area contributed by atoms with E-state index in [9.17, 15) is 25.2 Å². The van der Waals surface area contributed by atoms with Crippen molar-refractivity contribution in [1.82, 2.24) is 0 Å². The summed E-state index contributed by atoms with van der Waals surface area (Å²) in [4.78, 5) is 14.3. The van der Waals surface area contributed by atoms with Crippen molar-refractivity contribution < 1.29 is 44.2 Å². The van der Waals surface area contributed by atoms with Gasteiger partial charge < -0.3 is 39.4 Å². The molecule has 1 aliphatic heterocycles. The summed E-state index contributed by atoms with van der Waals surface area (Å²) in [6, 6.07) is 16.3. The zero-order valence-corrected chi connectivity index (χ0v) is 18.9. The number of rotatable bonds is 10. The molecule has 10 nitrogen and oxygen atoms in total. The van der Waals surface area contributed by atoms with Gasteiger partial charge in [0.1, 0.15) is 36.8 Å². The Kier molecular flexibility index (Phi) is 9.63. The molecule has 1 saturated heterocycles. The molecule has 0 radical (unpaired) electrons. The summed E-state index contributed by atoms with van der Waals surface area (Å²) in [6.45, 7) is -0.115. The Balaban J connectivity index is 1.59. The Labute approximate surface area is 197 Å². The van der Waals surface area contributed by atoms with Crippen molar-refractivity contribution in [3.05, 3.63) is 60.2 Å². The zero-order valence-electron chi connectivity index (χ0n) is 18.9. The molecule has 2 aromatic carbocycles. The van der Waals surface area contributed by atoms with E-state index in [4.69, 9.17) is 18.9 Å². The lowest BCUT2D eigenvalue weighted by Crippen LogP contribution is -2.59. The number of nitrogens with zero attached hydrogens (tertiary/aromatic N) is 1. The quantitative estimate of drug-likeness (QED) is 0.370. The van der Waals surface area contributed by atoms with E-state index in [-0.39, 0.29) is 19.8 Å². The van der Waals surface area contributed by atoms with Crippen molar-refractivity contribution in [3.63, 3.8) is 0 Å². The molecule has 0 saturated carbocycles. The molecule has 10 heteroatoms. The van der Waals surface area contributed by atoms with Gasteiger partial charge in [-0.05, 0) is 36.2 Å². The van der Waals surface area contributed by atoms with E-state index < -0.39 is 43.4 Å². The molecular formula is C24H31NO9. The molecule has 0 bridgehead atoms. The molecule has 1 fully saturated rings. The van der Waals surface area contributed by atoms with Crippen LogP contribution in [0.5, 0.6) is 5.75 Å². The number of carbonyl (C=O) groups is 1. The van der Waals surface area contributed by atoms with Crippen LogP contribution in [0.2, 0.25) is 0 Å². The summed E-state index contributed by atoms with van der Waals surface area (Å²) in [5.74, 6) is 0.646. The average molecular weight is 478 g/mol. The normalized spacial score (nSPS) is 24.4. The van der Waals surface area contributed by atoms with Crippen LogP contribution in [0.1, 0.15) is 12.0 Å². The van der Waals surface area contributed by atoms with Gasteiger partial charge in [-0.3, -0.25) is 4.90 Å². The van der Waals surface area contributed by atoms with Crippen LogP contribution in [0, 0.1) is 0 Å². The average Bonchev–Trinajstić information content (AvgIpc) is 2.88. The first-order valence-corrected chi connectivity index (χ1v) is 11.0. The lowest BCUT2D eigenvalue weighted by molar-refractivity contribution is -0.301. The maximum absolute atomic E-state index is 12.9. The minimum absolute atomic E-state index is 0.0707. The summed E-state index contributed by atoms with van der Waals surface area (Å²) in [5, 5.41) is 39.1. The predicted octanol–water partition coefficient (Wildman–Crippen LogP) is 1.04. The lowest BCUT2D eigenvalue weighted by Gasteiger charge is -2.39. The smallest absolute Gasteiger partial charge is 0.414 e. The third-order valence-corrected chi connectivity index (χ3v) is 5.47. The molecule has 0 aliphatic carbocycles.